The van der Waals surface area contributed by atoms with Gasteiger partial charge in [0.2, 0.25) is 0 Å². The number of terminal acetylenes is 1. The van der Waals surface area contributed by atoms with Crippen LogP contribution in [-0.4, -0.2) is 14.5 Å². The highest BCUT2D eigenvalue weighted by Gasteiger charge is 2.39. The molecule has 6 heteroatoms. The lowest BCUT2D eigenvalue weighted by atomic mass is 10.2. The van der Waals surface area contributed by atoms with Gasteiger partial charge < -0.3 is 5.11 Å². The zero-order chi connectivity index (χ0) is 12.6. The maximum absolute atomic E-state index is 12.7. The van der Waals surface area contributed by atoms with Crippen molar-refractivity contribution in [3.05, 3.63) is 35.8 Å². The van der Waals surface area contributed by atoms with Crippen molar-refractivity contribution in [2.45, 2.75) is 12.3 Å². The first-order chi connectivity index (χ1) is 7.95. The number of alkyl halides is 3. The molecule has 17 heavy (non-hydrogen) atoms. The predicted octanol–water partition coefficient (Wildman–Crippen LogP) is 2.02. The first-order valence-electron chi connectivity index (χ1n) is 4.63. The van der Waals surface area contributed by atoms with Crippen LogP contribution in [-0.2, 0) is 6.18 Å². The molecule has 0 radical (unpaired) electrons. The first kappa shape index (κ1) is 11.5. The van der Waals surface area contributed by atoms with E-state index in [-0.39, 0.29) is 5.65 Å². The van der Waals surface area contributed by atoms with E-state index in [4.69, 9.17) is 6.42 Å². The van der Waals surface area contributed by atoms with E-state index in [0.29, 0.717) is 0 Å². The van der Waals surface area contributed by atoms with E-state index < -0.39 is 23.7 Å². The second-order valence-corrected chi connectivity index (χ2v) is 3.34. The molecule has 2 rings (SSSR count). The zero-order valence-electron chi connectivity index (χ0n) is 8.44. The number of halogens is 3. The topological polar surface area (TPSA) is 37.5 Å². The predicted molar refractivity (Wildman–Crippen MR) is 54.0 cm³/mol. The molecule has 2 aromatic rings. The number of aliphatic hydroxyl groups excluding tert-OH is 1. The maximum Gasteiger partial charge on any atom is 0.435 e. The van der Waals surface area contributed by atoms with Crippen molar-refractivity contribution in [3.8, 4) is 12.3 Å². The largest absolute Gasteiger partial charge is 0.435 e. The molecule has 2 heterocycles. The summed E-state index contributed by atoms with van der Waals surface area (Å²) in [4.78, 5) is 3.44. The summed E-state index contributed by atoms with van der Waals surface area (Å²) in [6, 6.07) is 4.48. The molecule has 0 bridgehead atoms. The second kappa shape index (κ2) is 3.79. The van der Waals surface area contributed by atoms with Crippen LogP contribution in [0.15, 0.2) is 24.4 Å². The van der Waals surface area contributed by atoms with E-state index in [2.05, 4.69) is 4.98 Å². The molecule has 88 valence electrons. The van der Waals surface area contributed by atoms with Crippen LogP contribution in [0, 0.1) is 12.3 Å². The third-order valence-corrected chi connectivity index (χ3v) is 2.25. The Bertz CT molecular complexity index is 595. The smallest absolute Gasteiger partial charge is 0.374 e. The molecule has 0 amide bonds. The van der Waals surface area contributed by atoms with Gasteiger partial charge in [-0.25, -0.2) is 4.98 Å². The van der Waals surface area contributed by atoms with Crippen LogP contribution in [0.3, 0.4) is 0 Å². The van der Waals surface area contributed by atoms with Crippen molar-refractivity contribution in [3.63, 3.8) is 0 Å². The Morgan fingerprint density at radius 2 is 2.12 bits per heavy atom. The molecule has 0 aliphatic carbocycles. The SMILES string of the molecule is C#CC(O)c1c(C(F)(F)F)nc2ccccn12. The van der Waals surface area contributed by atoms with Crippen molar-refractivity contribution in [1.82, 2.24) is 9.38 Å². The number of rotatable bonds is 1. The molecule has 0 spiro atoms. The Kier molecular flexibility index (Phi) is 2.56. The summed E-state index contributed by atoms with van der Waals surface area (Å²) < 4.78 is 39.3. The summed E-state index contributed by atoms with van der Waals surface area (Å²) in [6.45, 7) is 0. The molecule has 2 aromatic heterocycles. The number of fused-ring (bicyclic) bond motifs is 1. The number of pyridine rings is 1. The molecule has 3 nitrogen and oxygen atoms in total. The van der Waals surface area contributed by atoms with E-state index in [1.807, 2.05) is 5.92 Å². The Hall–Kier alpha value is -2.00. The maximum atomic E-state index is 12.7. The van der Waals surface area contributed by atoms with Gasteiger partial charge in [0.15, 0.2) is 11.8 Å². The number of imidazole rings is 1. The lowest BCUT2D eigenvalue weighted by Gasteiger charge is -2.09. The Labute approximate surface area is 94.5 Å². The number of hydrogen-bond acceptors (Lipinski definition) is 2. The molecule has 0 aliphatic rings. The molecule has 0 fully saturated rings. The molecule has 1 unspecified atom stereocenters. The third kappa shape index (κ3) is 1.85. The van der Waals surface area contributed by atoms with Crippen LogP contribution in [0.4, 0.5) is 13.2 Å². The molecule has 0 aromatic carbocycles. The summed E-state index contributed by atoms with van der Waals surface area (Å²) in [5, 5.41) is 9.46. The minimum atomic E-state index is -4.65. The molecule has 0 aliphatic heterocycles. The Balaban J connectivity index is 2.80. The van der Waals surface area contributed by atoms with E-state index in [1.165, 1.54) is 18.3 Å². The van der Waals surface area contributed by atoms with Crippen molar-refractivity contribution >= 4 is 5.65 Å². The molecule has 0 saturated carbocycles. The lowest BCUT2D eigenvalue weighted by Crippen LogP contribution is -2.12. The average molecular weight is 240 g/mol. The highest BCUT2D eigenvalue weighted by atomic mass is 19.4. The summed E-state index contributed by atoms with van der Waals surface area (Å²) in [5.41, 5.74) is -1.51. The fraction of sp³-hybridized carbons (Fsp3) is 0.182. The quantitative estimate of drug-likeness (QED) is 0.774. The number of hydrogen-bond donors (Lipinski definition) is 1. The van der Waals surface area contributed by atoms with E-state index in [9.17, 15) is 18.3 Å². The van der Waals surface area contributed by atoms with Crippen LogP contribution < -0.4 is 0 Å². The normalized spacial score (nSPS) is 13.6. The Morgan fingerprint density at radius 3 is 2.71 bits per heavy atom. The Morgan fingerprint density at radius 1 is 1.41 bits per heavy atom. The standard InChI is InChI=1S/C11H7F3N2O/c1-2-7(17)9-10(11(12,13)14)15-8-5-3-4-6-16(8)9/h1,3-7,17H. The average Bonchev–Trinajstić information content (AvgIpc) is 2.67. The van der Waals surface area contributed by atoms with Gasteiger partial charge in [-0.05, 0) is 12.1 Å². The molecular weight excluding hydrogens is 233 g/mol. The van der Waals surface area contributed by atoms with Gasteiger partial charge in [0, 0.05) is 6.20 Å². The van der Waals surface area contributed by atoms with Crippen molar-refractivity contribution in [2.24, 2.45) is 0 Å². The van der Waals surface area contributed by atoms with Gasteiger partial charge in [0.1, 0.15) is 5.65 Å². The second-order valence-electron chi connectivity index (χ2n) is 3.34. The third-order valence-electron chi connectivity index (χ3n) is 2.25. The minimum absolute atomic E-state index is 0.0872. The summed E-state index contributed by atoms with van der Waals surface area (Å²) in [6.07, 6.45) is 0.0239. The van der Waals surface area contributed by atoms with Crippen LogP contribution >= 0.6 is 0 Å². The van der Waals surface area contributed by atoms with Gasteiger partial charge >= 0.3 is 6.18 Å². The number of aromatic nitrogens is 2. The molecule has 1 N–H and O–H groups in total. The van der Waals surface area contributed by atoms with Gasteiger partial charge in [0.05, 0.1) is 5.69 Å². The fourth-order valence-electron chi connectivity index (χ4n) is 1.56. The number of nitrogens with zero attached hydrogens (tertiary/aromatic N) is 2. The minimum Gasteiger partial charge on any atom is -0.374 e. The summed E-state index contributed by atoms with van der Waals surface area (Å²) in [5.74, 6) is 1.87. The number of aliphatic hydroxyl groups is 1. The first-order valence-corrected chi connectivity index (χ1v) is 4.63. The van der Waals surface area contributed by atoms with Gasteiger partial charge in [-0.3, -0.25) is 4.40 Å². The van der Waals surface area contributed by atoms with Gasteiger partial charge in [-0.15, -0.1) is 6.42 Å². The van der Waals surface area contributed by atoms with Crippen LogP contribution in [0.1, 0.15) is 17.5 Å². The lowest BCUT2D eigenvalue weighted by molar-refractivity contribution is -0.142. The van der Waals surface area contributed by atoms with Crippen molar-refractivity contribution in [2.75, 3.05) is 0 Å². The highest BCUT2D eigenvalue weighted by Crippen LogP contribution is 2.34. The van der Waals surface area contributed by atoms with Crippen LogP contribution in [0.2, 0.25) is 0 Å². The van der Waals surface area contributed by atoms with Crippen molar-refractivity contribution < 1.29 is 18.3 Å². The fourth-order valence-corrected chi connectivity index (χ4v) is 1.56. The molecule has 0 saturated heterocycles. The zero-order valence-corrected chi connectivity index (χ0v) is 8.44. The van der Waals surface area contributed by atoms with E-state index >= 15 is 0 Å². The van der Waals surface area contributed by atoms with Gasteiger partial charge in [0.25, 0.3) is 0 Å². The summed E-state index contributed by atoms with van der Waals surface area (Å²) >= 11 is 0. The molecular formula is C11H7F3N2O. The highest BCUT2D eigenvalue weighted by molar-refractivity contribution is 5.45. The van der Waals surface area contributed by atoms with Crippen LogP contribution in [0.25, 0.3) is 5.65 Å². The van der Waals surface area contributed by atoms with Crippen molar-refractivity contribution in [1.29, 1.82) is 0 Å². The molecule has 1 atom stereocenters. The van der Waals surface area contributed by atoms with Gasteiger partial charge in [-0.1, -0.05) is 12.0 Å². The van der Waals surface area contributed by atoms with Crippen LogP contribution in [0.5, 0.6) is 0 Å². The van der Waals surface area contributed by atoms with E-state index in [0.717, 1.165) is 4.40 Å². The van der Waals surface area contributed by atoms with Gasteiger partial charge in [-0.2, -0.15) is 13.2 Å². The van der Waals surface area contributed by atoms with E-state index in [1.54, 1.807) is 6.07 Å². The summed E-state index contributed by atoms with van der Waals surface area (Å²) in [7, 11) is 0. The monoisotopic (exact) mass is 240 g/mol.